The maximum atomic E-state index is 8.80. The molecule has 1 rings (SSSR count). The van der Waals surface area contributed by atoms with Gasteiger partial charge in [0.15, 0.2) is 0 Å². The predicted octanol–water partition coefficient (Wildman–Crippen LogP) is 1.75. The Morgan fingerprint density at radius 2 is 2.20 bits per heavy atom. The van der Waals surface area contributed by atoms with E-state index in [1.807, 2.05) is 0 Å². The Balaban J connectivity index is 2.55. The lowest BCUT2D eigenvalue weighted by Crippen LogP contribution is -1.96. The molecule has 0 bridgehead atoms. The maximum Gasteiger partial charge on any atom is 0.0528 e. The van der Waals surface area contributed by atoms with Crippen molar-refractivity contribution in [3.63, 3.8) is 0 Å². The summed E-state index contributed by atoms with van der Waals surface area (Å²) < 4.78 is 0. The lowest BCUT2D eigenvalue weighted by atomic mass is 10.1. The monoisotopic (exact) mass is 138 g/mol. The fraction of sp³-hybridized carbons (Fsp3) is 0.556. The molecule has 1 heteroatoms. The van der Waals surface area contributed by atoms with E-state index in [1.165, 1.54) is 0 Å². The fourth-order valence-electron chi connectivity index (χ4n) is 1.06. The van der Waals surface area contributed by atoms with Crippen LogP contribution < -0.4 is 0 Å². The van der Waals surface area contributed by atoms with Crippen molar-refractivity contribution in [2.45, 2.75) is 13.3 Å². The third kappa shape index (κ3) is 1.99. The highest BCUT2D eigenvalue weighted by Crippen LogP contribution is 2.13. The fourth-order valence-corrected chi connectivity index (χ4v) is 1.06. The summed E-state index contributed by atoms with van der Waals surface area (Å²) in [5.74, 6) is 0.887. The second-order valence-electron chi connectivity index (χ2n) is 2.87. The summed E-state index contributed by atoms with van der Waals surface area (Å²) >= 11 is 0. The summed E-state index contributed by atoms with van der Waals surface area (Å²) in [6.45, 7) is 2.42. The summed E-state index contributed by atoms with van der Waals surface area (Å²) in [7, 11) is 0. The molecule has 0 aromatic rings. The molecule has 0 aromatic carbocycles. The maximum absolute atomic E-state index is 8.80. The molecule has 0 spiro atoms. The Bertz CT molecular complexity index is 147. The third-order valence-electron chi connectivity index (χ3n) is 1.79. The molecule has 1 aliphatic carbocycles. The molecule has 1 nitrogen and oxygen atoms in total. The van der Waals surface area contributed by atoms with Gasteiger partial charge in [0.1, 0.15) is 0 Å². The zero-order valence-electron chi connectivity index (χ0n) is 6.33. The molecular weight excluding hydrogens is 124 g/mol. The summed E-state index contributed by atoms with van der Waals surface area (Å²) in [6.07, 6.45) is 9.56. The van der Waals surface area contributed by atoms with Crippen LogP contribution in [-0.4, -0.2) is 11.7 Å². The van der Waals surface area contributed by atoms with Gasteiger partial charge < -0.3 is 5.11 Å². The van der Waals surface area contributed by atoms with Crippen molar-refractivity contribution in [3.05, 3.63) is 24.3 Å². The van der Waals surface area contributed by atoms with E-state index in [1.54, 1.807) is 0 Å². The summed E-state index contributed by atoms with van der Waals surface area (Å²) in [5, 5.41) is 8.80. The zero-order valence-corrected chi connectivity index (χ0v) is 6.33. The van der Waals surface area contributed by atoms with Crippen molar-refractivity contribution < 1.29 is 5.11 Å². The van der Waals surface area contributed by atoms with E-state index >= 15 is 0 Å². The van der Waals surface area contributed by atoms with Crippen LogP contribution in [-0.2, 0) is 0 Å². The number of hydrogen-bond donors (Lipinski definition) is 1. The van der Waals surface area contributed by atoms with E-state index in [0.717, 1.165) is 6.42 Å². The molecule has 0 aliphatic heterocycles. The van der Waals surface area contributed by atoms with Gasteiger partial charge in [-0.05, 0) is 12.3 Å². The molecule has 0 saturated carbocycles. The van der Waals surface area contributed by atoms with Crippen LogP contribution in [0.1, 0.15) is 13.3 Å². The van der Waals surface area contributed by atoms with Gasteiger partial charge in [-0.25, -0.2) is 0 Å². The number of allylic oxidation sites excluding steroid dienone is 2. The lowest BCUT2D eigenvalue weighted by Gasteiger charge is -1.98. The summed E-state index contributed by atoms with van der Waals surface area (Å²) in [5.41, 5.74) is 0. The van der Waals surface area contributed by atoms with E-state index in [-0.39, 0.29) is 12.5 Å². The first-order valence-electron chi connectivity index (χ1n) is 3.78. The lowest BCUT2D eigenvalue weighted by molar-refractivity contribution is 0.274. The van der Waals surface area contributed by atoms with Crippen LogP contribution >= 0.6 is 0 Å². The van der Waals surface area contributed by atoms with E-state index < -0.39 is 0 Å². The molecule has 0 heterocycles. The molecule has 0 radical (unpaired) electrons. The number of rotatable bonds is 1. The molecular formula is C9H14O. The highest BCUT2D eigenvalue weighted by molar-refractivity contribution is 5.06. The first kappa shape index (κ1) is 7.55. The average Bonchev–Trinajstić information content (AvgIpc) is 2.14. The molecule has 1 aliphatic rings. The van der Waals surface area contributed by atoms with Gasteiger partial charge in [0.05, 0.1) is 6.61 Å². The van der Waals surface area contributed by atoms with E-state index in [0.29, 0.717) is 5.92 Å². The van der Waals surface area contributed by atoms with Crippen LogP contribution in [0.5, 0.6) is 0 Å². The topological polar surface area (TPSA) is 20.2 Å². The van der Waals surface area contributed by atoms with Crippen LogP contribution in [0.15, 0.2) is 24.3 Å². The van der Waals surface area contributed by atoms with Crippen LogP contribution in [0.25, 0.3) is 0 Å². The van der Waals surface area contributed by atoms with Gasteiger partial charge in [-0.15, -0.1) is 0 Å². The Kier molecular flexibility index (Phi) is 2.69. The molecule has 10 heavy (non-hydrogen) atoms. The number of aliphatic hydroxyl groups excluding tert-OH is 1. The molecule has 56 valence electrons. The first-order chi connectivity index (χ1) is 4.83. The van der Waals surface area contributed by atoms with Crippen molar-refractivity contribution in [3.8, 4) is 0 Å². The summed E-state index contributed by atoms with van der Waals surface area (Å²) in [4.78, 5) is 0. The second-order valence-corrected chi connectivity index (χ2v) is 2.87. The minimum Gasteiger partial charge on any atom is -0.395 e. The molecule has 2 atom stereocenters. The average molecular weight is 138 g/mol. The van der Waals surface area contributed by atoms with Gasteiger partial charge in [-0.1, -0.05) is 31.2 Å². The van der Waals surface area contributed by atoms with Crippen LogP contribution in [0.2, 0.25) is 0 Å². The number of aliphatic hydroxyl groups is 1. The standard InChI is InChI=1S/C9H14O/c1-8-3-2-4-9(7-10)6-5-8/h2,4-6,8-10H,3,7H2,1H3/t8-,9-/m0/s1. The van der Waals surface area contributed by atoms with Crippen molar-refractivity contribution >= 4 is 0 Å². The molecule has 0 aromatic heterocycles. The van der Waals surface area contributed by atoms with Gasteiger partial charge in [-0.3, -0.25) is 0 Å². The van der Waals surface area contributed by atoms with Gasteiger partial charge in [0.2, 0.25) is 0 Å². The zero-order chi connectivity index (χ0) is 7.40. The Hall–Kier alpha value is -0.560. The van der Waals surface area contributed by atoms with Gasteiger partial charge in [0, 0.05) is 5.92 Å². The van der Waals surface area contributed by atoms with Crippen molar-refractivity contribution in [1.29, 1.82) is 0 Å². The highest BCUT2D eigenvalue weighted by atomic mass is 16.3. The Labute approximate surface area is 62.1 Å². The van der Waals surface area contributed by atoms with Crippen LogP contribution in [0, 0.1) is 11.8 Å². The summed E-state index contributed by atoms with van der Waals surface area (Å²) in [6, 6.07) is 0. The predicted molar refractivity (Wildman–Crippen MR) is 42.6 cm³/mol. The highest BCUT2D eigenvalue weighted by Gasteiger charge is 2.02. The van der Waals surface area contributed by atoms with Crippen LogP contribution in [0.4, 0.5) is 0 Å². The van der Waals surface area contributed by atoms with E-state index in [4.69, 9.17) is 5.11 Å². The van der Waals surface area contributed by atoms with Gasteiger partial charge in [0.25, 0.3) is 0 Å². The normalized spacial score (nSPS) is 32.2. The van der Waals surface area contributed by atoms with Gasteiger partial charge in [-0.2, -0.15) is 0 Å². The third-order valence-corrected chi connectivity index (χ3v) is 1.79. The van der Waals surface area contributed by atoms with Gasteiger partial charge >= 0.3 is 0 Å². The molecule has 1 N–H and O–H groups in total. The van der Waals surface area contributed by atoms with Crippen molar-refractivity contribution in [2.75, 3.05) is 6.61 Å². The molecule has 0 unspecified atom stereocenters. The molecule has 0 amide bonds. The smallest absolute Gasteiger partial charge is 0.0528 e. The number of hydrogen-bond acceptors (Lipinski definition) is 1. The molecule has 0 saturated heterocycles. The SMILES string of the molecule is C[C@@H]1C=C[C@@H](CO)C=CC1. The van der Waals surface area contributed by atoms with E-state index in [9.17, 15) is 0 Å². The molecule has 0 fully saturated rings. The van der Waals surface area contributed by atoms with Crippen molar-refractivity contribution in [1.82, 2.24) is 0 Å². The Morgan fingerprint density at radius 3 is 2.90 bits per heavy atom. The van der Waals surface area contributed by atoms with Crippen LogP contribution in [0.3, 0.4) is 0 Å². The minimum atomic E-state index is 0.236. The van der Waals surface area contributed by atoms with E-state index in [2.05, 4.69) is 31.2 Å². The largest absolute Gasteiger partial charge is 0.395 e. The first-order valence-corrected chi connectivity index (χ1v) is 3.78. The van der Waals surface area contributed by atoms with Crippen molar-refractivity contribution in [2.24, 2.45) is 11.8 Å². The Morgan fingerprint density at radius 1 is 1.40 bits per heavy atom. The second kappa shape index (κ2) is 3.57. The minimum absolute atomic E-state index is 0.236. The quantitative estimate of drug-likeness (QED) is 0.547.